The van der Waals surface area contributed by atoms with Crippen molar-refractivity contribution in [3.63, 3.8) is 0 Å². The van der Waals surface area contributed by atoms with Gasteiger partial charge in [0.05, 0.1) is 0 Å². The molecule has 192 valence electrons. The Morgan fingerprint density at radius 1 is 1.14 bits per heavy atom. The molecular formula is C28H39F3N4. The van der Waals surface area contributed by atoms with Crippen LogP contribution in [-0.2, 0) is 0 Å². The van der Waals surface area contributed by atoms with Gasteiger partial charge in [0.2, 0.25) is 5.96 Å². The largest absolute Gasteiger partial charge is 0.412 e. The predicted octanol–water partition coefficient (Wildman–Crippen LogP) is 5.94. The fourth-order valence-electron chi connectivity index (χ4n) is 5.54. The number of allylic oxidation sites excluding steroid dienone is 6. The zero-order chi connectivity index (χ0) is 24.8. The third-order valence-corrected chi connectivity index (χ3v) is 7.26. The molecule has 0 N–H and O–H groups in total. The molecule has 2 unspecified atom stereocenters. The average molecular weight is 489 g/mol. The summed E-state index contributed by atoms with van der Waals surface area (Å²) in [6.45, 7) is 9.78. The molecule has 0 aromatic heterocycles. The van der Waals surface area contributed by atoms with E-state index in [2.05, 4.69) is 52.9 Å². The fourth-order valence-corrected chi connectivity index (χ4v) is 5.54. The van der Waals surface area contributed by atoms with Crippen molar-refractivity contribution < 1.29 is 13.2 Å². The molecule has 0 bridgehead atoms. The van der Waals surface area contributed by atoms with Gasteiger partial charge in [-0.2, -0.15) is 13.2 Å². The maximum Gasteiger partial charge on any atom is 0.412 e. The average Bonchev–Trinajstić information content (AvgIpc) is 3.08. The van der Waals surface area contributed by atoms with Crippen LogP contribution in [0.3, 0.4) is 0 Å². The minimum Gasteiger partial charge on any atom is -0.338 e. The van der Waals surface area contributed by atoms with Crippen molar-refractivity contribution in [2.75, 3.05) is 45.8 Å². The van der Waals surface area contributed by atoms with Crippen molar-refractivity contribution in [2.24, 2.45) is 16.8 Å². The van der Waals surface area contributed by atoms with Crippen LogP contribution in [0.5, 0.6) is 0 Å². The summed E-state index contributed by atoms with van der Waals surface area (Å²) in [5.74, 6) is 0.744. The lowest BCUT2D eigenvalue weighted by atomic mass is 9.93. The first-order chi connectivity index (χ1) is 16.9. The Morgan fingerprint density at radius 3 is 2.77 bits per heavy atom. The first-order valence-electron chi connectivity index (χ1n) is 13.1. The molecule has 0 saturated carbocycles. The zero-order valence-corrected chi connectivity index (χ0v) is 21.1. The lowest BCUT2D eigenvalue weighted by molar-refractivity contribution is -0.0997. The number of nitrogens with zero attached hydrogens (tertiary/aromatic N) is 4. The number of alkyl halides is 3. The number of hydrogen-bond acceptors (Lipinski definition) is 4. The van der Waals surface area contributed by atoms with Crippen molar-refractivity contribution in [3.05, 3.63) is 59.4 Å². The molecule has 0 spiro atoms. The van der Waals surface area contributed by atoms with Crippen LogP contribution in [0.15, 0.2) is 64.4 Å². The molecule has 4 aliphatic rings. The highest BCUT2D eigenvalue weighted by molar-refractivity contribution is 5.84. The molecule has 7 heteroatoms. The van der Waals surface area contributed by atoms with Gasteiger partial charge in [-0.15, -0.1) is 0 Å². The second kappa shape index (κ2) is 11.6. The molecule has 0 aromatic carbocycles. The highest BCUT2D eigenvalue weighted by Crippen LogP contribution is 2.37. The normalized spacial score (nSPS) is 25.0. The van der Waals surface area contributed by atoms with Crippen molar-refractivity contribution in [1.82, 2.24) is 14.7 Å². The van der Waals surface area contributed by atoms with Gasteiger partial charge in [0.1, 0.15) is 0 Å². The number of fused-ring (bicyclic) bond motifs is 2. The van der Waals surface area contributed by atoms with Crippen molar-refractivity contribution in [3.8, 4) is 0 Å². The third-order valence-electron chi connectivity index (χ3n) is 7.26. The number of guanidine groups is 1. The highest BCUT2D eigenvalue weighted by atomic mass is 19.4. The summed E-state index contributed by atoms with van der Waals surface area (Å²) in [5, 5.41) is 0. The summed E-state index contributed by atoms with van der Waals surface area (Å²) >= 11 is 0. The van der Waals surface area contributed by atoms with Gasteiger partial charge >= 0.3 is 6.18 Å². The molecule has 0 radical (unpaired) electrons. The van der Waals surface area contributed by atoms with Crippen molar-refractivity contribution in [2.45, 2.75) is 52.1 Å². The van der Waals surface area contributed by atoms with E-state index in [0.29, 0.717) is 31.8 Å². The topological polar surface area (TPSA) is 22.1 Å². The summed E-state index contributed by atoms with van der Waals surface area (Å²) in [6, 6.07) is 0. The zero-order valence-electron chi connectivity index (χ0n) is 21.1. The standard InChI is InChI=1S/C28H39F3N4/c1-3-4-10-22(2)11-8-16-33-18-14-26-24(19-33)21-34(27-32-15-9-17-35(26)27)20-23-12-6-5-7-13-25(23)28(29,30)31/h4-6,8,10-11,13,22-23H,3,7,9,12,14-21H2,1-2H3/b10-4?,11-8+. The van der Waals surface area contributed by atoms with E-state index in [1.807, 2.05) is 12.2 Å². The van der Waals surface area contributed by atoms with E-state index in [4.69, 9.17) is 4.99 Å². The quantitative estimate of drug-likeness (QED) is 0.414. The number of hydrogen-bond donors (Lipinski definition) is 0. The Kier molecular flexibility index (Phi) is 8.58. The van der Waals surface area contributed by atoms with Crippen LogP contribution in [0, 0.1) is 11.8 Å². The predicted molar refractivity (Wildman–Crippen MR) is 137 cm³/mol. The lowest BCUT2D eigenvalue weighted by Crippen LogP contribution is -2.55. The Labute approximate surface area is 208 Å². The van der Waals surface area contributed by atoms with E-state index >= 15 is 0 Å². The van der Waals surface area contributed by atoms with Gasteiger partial charge in [-0.3, -0.25) is 9.89 Å². The first-order valence-corrected chi connectivity index (χ1v) is 13.1. The molecule has 0 saturated heterocycles. The van der Waals surface area contributed by atoms with Crippen molar-refractivity contribution >= 4 is 5.96 Å². The molecule has 0 amide bonds. The SMILES string of the molecule is CCC=CC(C)/C=C/CN1CCC2=C(C1)CN(CC1CC=CCC=C1C(F)(F)F)C1=NCCCN12. The number of rotatable bonds is 7. The summed E-state index contributed by atoms with van der Waals surface area (Å²) < 4.78 is 41.5. The Hall–Kier alpha value is -2.28. The van der Waals surface area contributed by atoms with E-state index in [9.17, 15) is 13.2 Å². The van der Waals surface area contributed by atoms with Gasteiger partial charge in [-0.05, 0) is 37.2 Å². The molecule has 0 fully saturated rings. The summed E-state index contributed by atoms with van der Waals surface area (Å²) in [7, 11) is 0. The van der Waals surface area contributed by atoms with Gasteiger partial charge < -0.3 is 9.80 Å². The smallest absolute Gasteiger partial charge is 0.338 e. The maximum atomic E-state index is 13.8. The molecule has 3 aliphatic heterocycles. The molecule has 2 atom stereocenters. The van der Waals surface area contributed by atoms with Gasteiger partial charge in [0, 0.05) is 69.4 Å². The summed E-state index contributed by atoms with van der Waals surface area (Å²) in [5.41, 5.74) is 2.31. The second-order valence-corrected chi connectivity index (χ2v) is 10.0. The number of aliphatic imine (C=N–C) groups is 1. The molecular weight excluding hydrogens is 449 g/mol. The van der Waals surface area contributed by atoms with Crippen molar-refractivity contribution in [1.29, 1.82) is 0 Å². The minimum absolute atomic E-state index is 0.350. The minimum atomic E-state index is -4.29. The molecule has 0 aromatic rings. The van der Waals surface area contributed by atoms with Crippen LogP contribution in [0.1, 0.15) is 46.0 Å². The molecule has 35 heavy (non-hydrogen) atoms. The Morgan fingerprint density at radius 2 is 1.97 bits per heavy atom. The van der Waals surface area contributed by atoms with Crippen LogP contribution in [-0.4, -0.2) is 72.6 Å². The lowest BCUT2D eigenvalue weighted by Gasteiger charge is -2.47. The third kappa shape index (κ3) is 6.49. The van der Waals surface area contributed by atoms with Crippen LogP contribution in [0.25, 0.3) is 0 Å². The van der Waals surface area contributed by atoms with Crippen LogP contribution in [0.2, 0.25) is 0 Å². The molecule has 1 aliphatic carbocycles. The molecule has 4 rings (SSSR count). The number of halogens is 3. The maximum absolute atomic E-state index is 13.8. The van der Waals surface area contributed by atoms with E-state index < -0.39 is 12.1 Å². The van der Waals surface area contributed by atoms with E-state index in [1.54, 1.807) is 0 Å². The van der Waals surface area contributed by atoms with Gasteiger partial charge in [0.25, 0.3) is 0 Å². The van der Waals surface area contributed by atoms with Crippen LogP contribution >= 0.6 is 0 Å². The van der Waals surface area contributed by atoms with Gasteiger partial charge in [-0.1, -0.05) is 56.4 Å². The van der Waals surface area contributed by atoms with E-state index in [1.165, 1.54) is 17.3 Å². The molecule has 3 heterocycles. The van der Waals surface area contributed by atoms with E-state index in [-0.39, 0.29) is 5.57 Å². The van der Waals surface area contributed by atoms with Crippen LogP contribution in [0.4, 0.5) is 13.2 Å². The van der Waals surface area contributed by atoms with Crippen LogP contribution < -0.4 is 0 Å². The summed E-state index contributed by atoms with van der Waals surface area (Å²) in [6.07, 6.45) is 13.6. The Balaban J connectivity index is 1.48. The fraction of sp³-hybridized carbons (Fsp3) is 0.607. The first kappa shape index (κ1) is 25.8. The van der Waals surface area contributed by atoms with Gasteiger partial charge in [-0.25, -0.2) is 0 Å². The Bertz CT molecular complexity index is 925. The van der Waals surface area contributed by atoms with Gasteiger partial charge in [0.15, 0.2) is 0 Å². The second-order valence-electron chi connectivity index (χ2n) is 10.0. The summed E-state index contributed by atoms with van der Waals surface area (Å²) in [4.78, 5) is 11.7. The van der Waals surface area contributed by atoms with E-state index in [0.717, 1.165) is 57.9 Å². The molecule has 4 nitrogen and oxygen atoms in total. The monoisotopic (exact) mass is 488 g/mol. The highest BCUT2D eigenvalue weighted by Gasteiger charge is 2.41.